The van der Waals surface area contributed by atoms with Crippen LogP contribution < -0.4 is 5.73 Å². The van der Waals surface area contributed by atoms with Gasteiger partial charge in [-0.1, -0.05) is 13.0 Å². The molecule has 1 unspecified atom stereocenters. The highest BCUT2D eigenvalue weighted by Gasteiger charge is 2.31. The van der Waals surface area contributed by atoms with E-state index in [0.29, 0.717) is 18.8 Å². The lowest BCUT2D eigenvalue weighted by molar-refractivity contribution is 0.135. The smallest absolute Gasteiger partial charge is 0.243 e. The molecule has 1 aliphatic rings. The Balaban J connectivity index is 2.22. The summed E-state index contributed by atoms with van der Waals surface area (Å²) in [7, 11) is -3.42. The van der Waals surface area contributed by atoms with Crippen molar-refractivity contribution < 1.29 is 8.42 Å². The van der Waals surface area contributed by atoms with Crippen LogP contribution in [0.3, 0.4) is 0 Å². The minimum atomic E-state index is -3.42. The van der Waals surface area contributed by atoms with Gasteiger partial charge in [-0.15, -0.1) is 0 Å². The van der Waals surface area contributed by atoms with Gasteiger partial charge in [-0.3, -0.25) is 4.90 Å². The molecule has 1 saturated heterocycles. The molecule has 1 aromatic carbocycles. The van der Waals surface area contributed by atoms with Crippen LogP contribution in [0.25, 0.3) is 0 Å². The molecule has 106 valence electrons. The van der Waals surface area contributed by atoms with Crippen molar-refractivity contribution in [3.8, 4) is 0 Å². The Morgan fingerprint density at radius 2 is 2.11 bits per heavy atom. The summed E-state index contributed by atoms with van der Waals surface area (Å²) >= 11 is 0. The lowest BCUT2D eigenvalue weighted by Gasteiger charge is -2.38. The average molecular weight is 283 g/mol. The number of hydrogen-bond acceptors (Lipinski definition) is 4. The predicted molar refractivity (Wildman–Crippen MR) is 76.3 cm³/mol. The summed E-state index contributed by atoms with van der Waals surface area (Å²) in [6.07, 6.45) is 0. The van der Waals surface area contributed by atoms with Gasteiger partial charge in [-0.05, 0) is 31.7 Å². The number of nitrogens with zero attached hydrogens (tertiary/aromatic N) is 2. The van der Waals surface area contributed by atoms with Crippen LogP contribution in [-0.2, 0) is 10.0 Å². The Hall–Kier alpha value is -1.11. The van der Waals surface area contributed by atoms with Crippen LogP contribution in [0.2, 0.25) is 0 Å². The van der Waals surface area contributed by atoms with E-state index in [9.17, 15) is 8.42 Å². The minimum Gasteiger partial charge on any atom is -0.399 e. The fourth-order valence-corrected chi connectivity index (χ4v) is 4.04. The maximum absolute atomic E-state index is 12.5. The first-order valence-corrected chi connectivity index (χ1v) is 7.99. The van der Waals surface area contributed by atoms with Crippen molar-refractivity contribution in [3.63, 3.8) is 0 Å². The van der Waals surface area contributed by atoms with Gasteiger partial charge in [-0.2, -0.15) is 4.31 Å². The van der Waals surface area contributed by atoms with E-state index >= 15 is 0 Å². The van der Waals surface area contributed by atoms with Gasteiger partial charge in [0.1, 0.15) is 0 Å². The normalized spacial score (nSPS) is 22.5. The Bertz CT molecular complexity index is 545. The molecule has 0 bridgehead atoms. The first kappa shape index (κ1) is 14.3. The van der Waals surface area contributed by atoms with Gasteiger partial charge in [-0.25, -0.2) is 8.42 Å². The molecule has 0 amide bonds. The molecule has 2 rings (SSSR count). The zero-order chi connectivity index (χ0) is 14.0. The number of nitrogens with two attached hydrogens (primary N) is 1. The van der Waals surface area contributed by atoms with E-state index in [1.807, 2.05) is 0 Å². The van der Waals surface area contributed by atoms with Crippen molar-refractivity contribution in [2.45, 2.75) is 24.8 Å². The van der Waals surface area contributed by atoms with Crippen molar-refractivity contribution in [2.75, 3.05) is 31.9 Å². The molecule has 1 aromatic rings. The highest BCUT2D eigenvalue weighted by molar-refractivity contribution is 7.89. The quantitative estimate of drug-likeness (QED) is 0.840. The lowest BCUT2D eigenvalue weighted by Crippen LogP contribution is -2.53. The summed E-state index contributed by atoms with van der Waals surface area (Å²) in [5.41, 5.74) is 6.14. The second-order valence-electron chi connectivity index (χ2n) is 4.91. The van der Waals surface area contributed by atoms with Gasteiger partial charge in [0.15, 0.2) is 0 Å². The fraction of sp³-hybridized carbons (Fsp3) is 0.538. The monoisotopic (exact) mass is 283 g/mol. The molecule has 6 heteroatoms. The Morgan fingerprint density at radius 3 is 2.68 bits per heavy atom. The summed E-state index contributed by atoms with van der Waals surface area (Å²) in [4.78, 5) is 2.57. The zero-order valence-electron chi connectivity index (χ0n) is 11.4. The van der Waals surface area contributed by atoms with E-state index in [4.69, 9.17) is 5.73 Å². The van der Waals surface area contributed by atoms with E-state index in [0.717, 1.165) is 13.1 Å². The van der Waals surface area contributed by atoms with Crippen LogP contribution in [0.4, 0.5) is 5.69 Å². The number of rotatable bonds is 3. The summed E-state index contributed by atoms with van der Waals surface area (Å²) in [5, 5.41) is 0. The van der Waals surface area contributed by atoms with Gasteiger partial charge >= 0.3 is 0 Å². The third-order valence-corrected chi connectivity index (χ3v) is 5.49. The minimum absolute atomic E-state index is 0.245. The molecule has 0 spiro atoms. The number of piperazine rings is 1. The number of sulfonamides is 1. The second-order valence-corrected chi connectivity index (χ2v) is 6.85. The molecule has 5 nitrogen and oxygen atoms in total. The van der Waals surface area contributed by atoms with Crippen molar-refractivity contribution in [1.29, 1.82) is 0 Å². The van der Waals surface area contributed by atoms with Crippen molar-refractivity contribution >= 4 is 15.7 Å². The Morgan fingerprint density at radius 1 is 1.37 bits per heavy atom. The van der Waals surface area contributed by atoms with Crippen molar-refractivity contribution in [2.24, 2.45) is 0 Å². The van der Waals surface area contributed by atoms with Crippen LogP contribution >= 0.6 is 0 Å². The fourth-order valence-electron chi connectivity index (χ4n) is 2.47. The first-order valence-electron chi connectivity index (χ1n) is 6.55. The SMILES string of the molecule is CCN1CCN(S(=O)(=O)c2cccc(N)c2)CC1C. The topological polar surface area (TPSA) is 66.6 Å². The van der Waals surface area contributed by atoms with Gasteiger partial charge in [0.05, 0.1) is 4.90 Å². The molecular formula is C13H21N3O2S. The molecule has 19 heavy (non-hydrogen) atoms. The summed E-state index contributed by atoms with van der Waals surface area (Å²) in [6.45, 7) is 6.95. The maximum Gasteiger partial charge on any atom is 0.243 e. The van der Waals surface area contributed by atoms with Crippen LogP contribution in [0.1, 0.15) is 13.8 Å². The van der Waals surface area contributed by atoms with E-state index in [-0.39, 0.29) is 10.9 Å². The van der Waals surface area contributed by atoms with Crippen molar-refractivity contribution in [1.82, 2.24) is 9.21 Å². The molecule has 0 radical (unpaired) electrons. The Kier molecular flexibility index (Phi) is 4.13. The van der Waals surface area contributed by atoms with E-state index in [1.165, 1.54) is 6.07 Å². The summed E-state index contributed by atoms with van der Waals surface area (Å²) in [5.74, 6) is 0. The van der Waals surface area contributed by atoms with Gasteiger partial charge in [0, 0.05) is 31.4 Å². The molecule has 1 aliphatic heterocycles. The number of anilines is 1. The first-order chi connectivity index (χ1) is 8.95. The van der Waals surface area contributed by atoms with Crippen LogP contribution in [0, 0.1) is 0 Å². The highest BCUT2D eigenvalue weighted by atomic mass is 32.2. The van der Waals surface area contributed by atoms with Crippen molar-refractivity contribution in [3.05, 3.63) is 24.3 Å². The number of hydrogen-bond donors (Lipinski definition) is 1. The predicted octanol–water partition coefficient (Wildman–Crippen LogP) is 0.983. The third-order valence-electron chi connectivity index (χ3n) is 3.63. The molecule has 2 N–H and O–H groups in total. The van der Waals surface area contributed by atoms with E-state index < -0.39 is 10.0 Å². The van der Waals surface area contributed by atoms with E-state index in [1.54, 1.807) is 22.5 Å². The average Bonchev–Trinajstić information content (AvgIpc) is 2.38. The summed E-state index contributed by atoms with van der Waals surface area (Å²) < 4.78 is 26.6. The molecule has 1 heterocycles. The van der Waals surface area contributed by atoms with Crippen LogP contribution in [0.5, 0.6) is 0 Å². The standard InChI is InChI=1S/C13H21N3O2S/c1-3-15-7-8-16(10-11(15)2)19(17,18)13-6-4-5-12(14)9-13/h4-6,9,11H,3,7-8,10,14H2,1-2H3. The summed E-state index contributed by atoms with van der Waals surface area (Å²) in [6, 6.07) is 6.73. The second kappa shape index (κ2) is 5.48. The molecule has 0 aromatic heterocycles. The molecule has 0 saturated carbocycles. The molecular weight excluding hydrogens is 262 g/mol. The van der Waals surface area contributed by atoms with Gasteiger partial charge < -0.3 is 5.73 Å². The number of nitrogen functional groups attached to an aromatic ring is 1. The number of benzene rings is 1. The molecule has 0 aliphatic carbocycles. The molecule has 1 fully saturated rings. The largest absolute Gasteiger partial charge is 0.399 e. The molecule has 1 atom stereocenters. The number of likely N-dealkylation sites (N-methyl/N-ethyl adjacent to an activating group) is 1. The zero-order valence-corrected chi connectivity index (χ0v) is 12.2. The third kappa shape index (κ3) is 2.91. The van der Waals surface area contributed by atoms with E-state index in [2.05, 4.69) is 18.7 Å². The van der Waals surface area contributed by atoms with Crippen LogP contribution in [-0.4, -0.2) is 49.8 Å². The lowest BCUT2D eigenvalue weighted by atomic mass is 10.2. The maximum atomic E-state index is 12.5. The Labute approximate surface area is 115 Å². The van der Waals surface area contributed by atoms with Crippen LogP contribution in [0.15, 0.2) is 29.2 Å². The highest BCUT2D eigenvalue weighted by Crippen LogP contribution is 2.21. The van der Waals surface area contributed by atoms with Gasteiger partial charge in [0.2, 0.25) is 10.0 Å². The van der Waals surface area contributed by atoms with Gasteiger partial charge in [0.25, 0.3) is 0 Å².